The van der Waals surface area contributed by atoms with Gasteiger partial charge in [-0.15, -0.1) is 0 Å². The Morgan fingerprint density at radius 3 is 2.60 bits per heavy atom. The number of nitrogens with zero attached hydrogens (tertiary/aromatic N) is 2. The first kappa shape index (κ1) is 16.9. The number of urea groups is 1. The summed E-state index contributed by atoms with van der Waals surface area (Å²) in [6.07, 6.45) is 5.69. The molecule has 136 valence electrons. The molecule has 1 aromatic rings. The van der Waals surface area contributed by atoms with Gasteiger partial charge in [-0.2, -0.15) is 0 Å². The van der Waals surface area contributed by atoms with E-state index in [-0.39, 0.29) is 12.6 Å². The van der Waals surface area contributed by atoms with Crippen molar-refractivity contribution in [3.63, 3.8) is 0 Å². The highest BCUT2D eigenvalue weighted by molar-refractivity contribution is 5.74. The molecular weight excluding hydrogens is 314 g/mol. The summed E-state index contributed by atoms with van der Waals surface area (Å²) in [7, 11) is 0. The first-order chi connectivity index (χ1) is 12.2. The Labute approximate surface area is 150 Å². The normalized spacial score (nSPS) is 29.2. The molecule has 3 fully saturated rings. The molecule has 0 radical (unpaired) electrons. The molecule has 25 heavy (non-hydrogen) atoms. The Hall–Kier alpha value is -1.59. The van der Waals surface area contributed by atoms with Gasteiger partial charge in [0, 0.05) is 38.8 Å². The molecule has 1 aromatic carbocycles. The average molecular weight is 343 g/mol. The maximum Gasteiger partial charge on any atom is 0.317 e. The number of benzene rings is 1. The molecule has 5 nitrogen and oxygen atoms in total. The van der Waals surface area contributed by atoms with Crippen molar-refractivity contribution in [2.45, 2.75) is 44.9 Å². The number of hydrogen-bond acceptors (Lipinski definition) is 3. The first-order valence-electron chi connectivity index (χ1n) is 9.68. The smallest absolute Gasteiger partial charge is 0.317 e. The van der Waals surface area contributed by atoms with Crippen LogP contribution in [-0.2, 0) is 13.2 Å². The molecule has 5 heteroatoms. The molecule has 2 aliphatic carbocycles. The Bertz CT molecular complexity index is 613. The van der Waals surface area contributed by atoms with Crippen molar-refractivity contribution in [1.82, 2.24) is 15.1 Å². The highest BCUT2D eigenvalue weighted by Crippen LogP contribution is 2.46. The van der Waals surface area contributed by atoms with Crippen molar-refractivity contribution in [2.75, 3.05) is 26.2 Å². The third-order valence-corrected chi connectivity index (χ3v) is 6.39. The Morgan fingerprint density at radius 2 is 1.92 bits per heavy atom. The van der Waals surface area contributed by atoms with Crippen LogP contribution >= 0.6 is 0 Å². The van der Waals surface area contributed by atoms with Crippen molar-refractivity contribution in [1.29, 1.82) is 0 Å². The van der Waals surface area contributed by atoms with Crippen molar-refractivity contribution in [3.05, 3.63) is 35.4 Å². The van der Waals surface area contributed by atoms with Crippen LogP contribution in [0.3, 0.4) is 0 Å². The fraction of sp³-hybridized carbons (Fsp3) is 0.650. The number of amides is 2. The topological polar surface area (TPSA) is 55.8 Å². The lowest BCUT2D eigenvalue weighted by Crippen LogP contribution is -2.55. The van der Waals surface area contributed by atoms with Gasteiger partial charge >= 0.3 is 6.03 Å². The summed E-state index contributed by atoms with van der Waals surface area (Å²) < 4.78 is 0. The quantitative estimate of drug-likeness (QED) is 0.881. The minimum Gasteiger partial charge on any atom is -0.392 e. The fourth-order valence-corrected chi connectivity index (χ4v) is 5.04. The van der Waals surface area contributed by atoms with Gasteiger partial charge in [-0.25, -0.2) is 4.79 Å². The monoisotopic (exact) mass is 343 g/mol. The maximum absolute atomic E-state index is 12.4. The standard InChI is InChI=1S/C20H29N3O2/c24-14-17-3-1-2-16(10-17)13-21-20(25)23-8-6-22(7-9-23)19-12-15-4-5-18(19)11-15/h1-3,10,15,18-19,24H,4-9,11-14H2,(H,21,25)/t15-,18-,19-/m0/s1. The molecule has 2 saturated carbocycles. The van der Waals surface area contributed by atoms with Crippen molar-refractivity contribution in [3.8, 4) is 0 Å². The number of fused-ring (bicyclic) bond motifs is 2. The van der Waals surface area contributed by atoms with Crippen molar-refractivity contribution in [2.24, 2.45) is 11.8 Å². The lowest BCUT2D eigenvalue weighted by Gasteiger charge is -2.41. The van der Waals surface area contributed by atoms with E-state index in [4.69, 9.17) is 0 Å². The SMILES string of the molecule is O=C(NCc1cccc(CO)c1)N1CCN([C@H]2C[C@H]3CC[C@H]2C3)CC1. The molecule has 2 amide bonds. The van der Waals surface area contributed by atoms with Crippen LogP contribution in [0.25, 0.3) is 0 Å². The van der Waals surface area contributed by atoms with Crippen LogP contribution in [0.15, 0.2) is 24.3 Å². The average Bonchev–Trinajstić information content (AvgIpc) is 3.30. The molecule has 3 aliphatic rings. The maximum atomic E-state index is 12.4. The molecule has 0 spiro atoms. The highest BCUT2D eigenvalue weighted by Gasteiger charge is 2.42. The summed E-state index contributed by atoms with van der Waals surface area (Å²) in [5.41, 5.74) is 1.91. The summed E-state index contributed by atoms with van der Waals surface area (Å²) in [6.45, 7) is 4.24. The molecule has 1 aliphatic heterocycles. The lowest BCUT2D eigenvalue weighted by molar-refractivity contribution is 0.0826. The minimum absolute atomic E-state index is 0.0296. The van der Waals surface area contributed by atoms with E-state index in [2.05, 4.69) is 10.2 Å². The number of aliphatic hydroxyl groups is 1. The van der Waals surface area contributed by atoms with E-state index < -0.39 is 0 Å². The van der Waals surface area contributed by atoms with E-state index in [9.17, 15) is 9.90 Å². The zero-order valence-corrected chi connectivity index (χ0v) is 14.9. The van der Waals surface area contributed by atoms with Crippen molar-refractivity contribution >= 4 is 6.03 Å². The first-order valence-corrected chi connectivity index (χ1v) is 9.68. The third-order valence-electron chi connectivity index (χ3n) is 6.39. The predicted molar refractivity (Wildman–Crippen MR) is 97.0 cm³/mol. The van der Waals surface area contributed by atoms with E-state index in [1.54, 1.807) is 0 Å². The van der Waals surface area contributed by atoms with Crippen LogP contribution in [0.1, 0.15) is 36.8 Å². The van der Waals surface area contributed by atoms with E-state index in [0.29, 0.717) is 6.54 Å². The summed E-state index contributed by atoms with van der Waals surface area (Å²) in [4.78, 5) is 17.0. The molecule has 0 aromatic heterocycles. The van der Waals surface area contributed by atoms with Crippen LogP contribution in [0, 0.1) is 11.8 Å². The minimum atomic E-state index is 0.0296. The van der Waals surface area contributed by atoms with Gasteiger partial charge in [0.1, 0.15) is 0 Å². The lowest BCUT2D eigenvalue weighted by atomic mass is 9.93. The van der Waals surface area contributed by atoms with Gasteiger partial charge in [0.25, 0.3) is 0 Å². The molecule has 2 bridgehead atoms. The van der Waals surface area contributed by atoms with Crippen LogP contribution in [0.4, 0.5) is 4.79 Å². The summed E-state index contributed by atoms with van der Waals surface area (Å²) in [5, 5.41) is 12.2. The predicted octanol–water partition coefficient (Wildman–Crippen LogP) is 2.19. The number of carbonyl (C=O) groups excluding carboxylic acids is 1. The molecular formula is C20H29N3O2. The van der Waals surface area contributed by atoms with Crippen LogP contribution in [-0.4, -0.2) is 53.2 Å². The number of carbonyl (C=O) groups is 1. The highest BCUT2D eigenvalue weighted by atomic mass is 16.3. The van der Waals surface area contributed by atoms with Crippen LogP contribution in [0.2, 0.25) is 0 Å². The number of piperazine rings is 1. The summed E-state index contributed by atoms with van der Waals surface area (Å²) in [5.74, 6) is 1.90. The van der Waals surface area contributed by atoms with E-state index in [0.717, 1.165) is 55.2 Å². The Kier molecular flexibility index (Phi) is 4.95. The van der Waals surface area contributed by atoms with Crippen LogP contribution in [0.5, 0.6) is 0 Å². The van der Waals surface area contributed by atoms with Crippen LogP contribution < -0.4 is 5.32 Å². The number of rotatable bonds is 4. The van der Waals surface area contributed by atoms with E-state index in [1.807, 2.05) is 29.2 Å². The largest absolute Gasteiger partial charge is 0.392 e. The third kappa shape index (κ3) is 3.67. The van der Waals surface area contributed by atoms with Gasteiger partial charge in [-0.05, 0) is 42.2 Å². The van der Waals surface area contributed by atoms with Gasteiger partial charge in [-0.3, -0.25) is 4.90 Å². The zero-order valence-electron chi connectivity index (χ0n) is 14.9. The molecule has 4 rings (SSSR count). The van der Waals surface area contributed by atoms with Gasteiger partial charge in [0.05, 0.1) is 6.61 Å². The molecule has 1 saturated heterocycles. The fourth-order valence-electron chi connectivity index (χ4n) is 5.04. The Morgan fingerprint density at radius 1 is 1.12 bits per heavy atom. The summed E-state index contributed by atoms with van der Waals surface area (Å²) >= 11 is 0. The number of hydrogen-bond donors (Lipinski definition) is 2. The van der Waals surface area contributed by atoms with Gasteiger partial charge < -0.3 is 15.3 Å². The second-order valence-corrected chi connectivity index (χ2v) is 7.90. The summed E-state index contributed by atoms with van der Waals surface area (Å²) in [6, 6.07) is 8.54. The van der Waals surface area contributed by atoms with Gasteiger partial charge in [-0.1, -0.05) is 30.7 Å². The van der Waals surface area contributed by atoms with Gasteiger partial charge in [0.2, 0.25) is 0 Å². The second-order valence-electron chi connectivity index (χ2n) is 7.90. The number of aliphatic hydroxyl groups excluding tert-OH is 1. The van der Waals surface area contributed by atoms with E-state index >= 15 is 0 Å². The zero-order chi connectivity index (χ0) is 17.2. The second kappa shape index (κ2) is 7.34. The van der Waals surface area contributed by atoms with Gasteiger partial charge in [0.15, 0.2) is 0 Å². The Balaban J connectivity index is 1.24. The molecule has 0 unspecified atom stereocenters. The van der Waals surface area contributed by atoms with E-state index in [1.165, 1.54) is 25.7 Å². The van der Waals surface area contributed by atoms with Crippen molar-refractivity contribution < 1.29 is 9.90 Å². The molecule has 1 heterocycles. The number of nitrogens with one attached hydrogen (secondary N) is 1. The molecule has 3 atom stereocenters. The molecule has 2 N–H and O–H groups in total.